The molecule has 0 aliphatic rings. The van der Waals surface area contributed by atoms with E-state index in [0.717, 1.165) is 0 Å². The topological polar surface area (TPSA) is 100 Å². The molecule has 10 heteroatoms. The van der Waals surface area contributed by atoms with Gasteiger partial charge in [-0.3, -0.25) is 4.79 Å². The summed E-state index contributed by atoms with van der Waals surface area (Å²) in [7, 11) is 1.35. The minimum absolute atomic E-state index is 0.252. The Kier molecular flexibility index (Phi) is 26.0. The molecule has 0 saturated heterocycles. The SMILES string of the molecule is C=CCOCCOCCOCCOCCOCCOCCOCCOCCC(=O)OC. The van der Waals surface area contributed by atoms with Crippen LogP contribution in [0.25, 0.3) is 0 Å². The van der Waals surface area contributed by atoms with E-state index in [1.807, 2.05) is 0 Å². The normalized spacial score (nSPS) is 11.0. The van der Waals surface area contributed by atoms with Crippen molar-refractivity contribution in [2.45, 2.75) is 6.42 Å². The van der Waals surface area contributed by atoms with Gasteiger partial charge < -0.3 is 42.6 Å². The predicted octanol–water partition coefficient (Wildman–Crippen LogP) is 0.868. The second-order valence-corrected chi connectivity index (χ2v) is 5.98. The highest BCUT2D eigenvalue weighted by molar-refractivity contribution is 5.69. The van der Waals surface area contributed by atoms with Gasteiger partial charge in [-0.25, -0.2) is 0 Å². The van der Waals surface area contributed by atoms with Crippen LogP contribution in [0.1, 0.15) is 6.42 Å². The third-order valence-corrected chi connectivity index (χ3v) is 3.52. The number of hydrogen-bond acceptors (Lipinski definition) is 10. The number of hydrogen-bond donors (Lipinski definition) is 0. The van der Waals surface area contributed by atoms with Gasteiger partial charge in [0.25, 0.3) is 0 Å². The van der Waals surface area contributed by atoms with E-state index in [0.29, 0.717) is 106 Å². The van der Waals surface area contributed by atoms with Crippen molar-refractivity contribution in [1.82, 2.24) is 0 Å². The van der Waals surface area contributed by atoms with Crippen LogP contribution in [0.3, 0.4) is 0 Å². The molecule has 0 amide bonds. The van der Waals surface area contributed by atoms with Crippen molar-refractivity contribution in [3.8, 4) is 0 Å². The molecule has 0 spiro atoms. The molecular formula is C21H40O10. The van der Waals surface area contributed by atoms with Gasteiger partial charge in [0, 0.05) is 0 Å². The first kappa shape index (κ1) is 29.9. The number of methoxy groups -OCH3 is 1. The Morgan fingerprint density at radius 1 is 0.548 bits per heavy atom. The summed E-state index contributed by atoms with van der Waals surface area (Å²) in [5.41, 5.74) is 0. The Balaban J connectivity index is 3.02. The molecule has 0 aliphatic carbocycles. The van der Waals surface area contributed by atoms with E-state index in [4.69, 9.17) is 37.9 Å². The first-order valence-electron chi connectivity index (χ1n) is 10.6. The van der Waals surface area contributed by atoms with Crippen molar-refractivity contribution in [2.75, 3.05) is 113 Å². The fraction of sp³-hybridized carbons (Fsp3) is 0.857. The van der Waals surface area contributed by atoms with Gasteiger partial charge in [-0.15, -0.1) is 6.58 Å². The number of esters is 1. The Hall–Kier alpha value is -1.11. The minimum atomic E-state index is -0.281. The van der Waals surface area contributed by atoms with Gasteiger partial charge in [0.05, 0.1) is 119 Å². The van der Waals surface area contributed by atoms with Crippen LogP contribution >= 0.6 is 0 Å². The highest BCUT2D eigenvalue weighted by atomic mass is 16.6. The van der Waals surface area contributed by atoms with Crippen molar-refractivity contribution in [2.24, 2.45) is 0 Å². The first-order valence-corrected chi connectivity index (χ1v) is 10.6. The van der Waals surface area contributed by atoms with Crippen LogP contribution in [0.15, 0.2) is 12.7 Å². The summed E-state index contributed by atoms with van der Waals surface area (Å²) in [4.78, 5) is 10.9. The summed E-state index contributed by atoms with van der Waals surface area (Å²) in [6, 6.07) is 0. The smallest absolute Gasteiger partial charge is 0.307 e. The van der Waals surface area contributed by atoms with Crippen LogP contribution in [0.5, 0.6) is 0 Å². The molecule has 10 nitrogen and oxygen atoms in total. The molecule has 0 atom stereocenters. The van der Waals surface area contributed by atoms with Crippen LogP contribution in [-0.4, -0.2) is 119 Å². The lowest BCUT2D eigenvalue weighted by atomic mass is 10.5. The average Bonchev–Trinajstić information content (AvgIpc) is 2.78. The van der Waals surface area contributed by atoms with Crippen molar-refractivity contribution in [3.63, 3.8) is 0 Å². The zero-order chi connectivity index (χ0) is 22.7. The zero-order valence-electron chi connectivity index (χ0n) is 18.9. The van der Waals surface area contributed by atoms with Gasteiger partial charge in [0.1, 0.15) is 0 Å². The fourth-order valence-electron chi connectivity index (χ4n) is 1.96. The Morgan fingerprint density at radius 3 is 1.13 bits per heavy atom. The van der Waals surface area contributed by atoms with E-state index in [9.17, 15) is 4.79 Å². The molecular weight excluding hydrogens is 412 g/mol. The quantitative estimate of drug-likeness (QED) is 0.107. The Bertz CT molecular complexity index is 381. The summed E-state index contributed by atoms with van der Waals surface area (Å²) in [6.07, 6.45) is 1.96. The maximum Gasteiger partial charge on any atom is 0.307 e. The standard InChI is InChI=1S/C21H40O10/c1-3-5-24-7-9-26-11-13-28-15-17-30-19-20-31-18-16-29-14-12-27-10-8-25-6-4-21(22)23-2/h3H,1,4-20H2,2H3. The zero-order valence-corrected chi connectivity index (χ0v) is 18.9. The van der Waals surface area contributed by atoms with Gasteiger partial charge in [-0.05, 0) is 0 Å². The van der Waals surface area contributed by atoms with Gasteiger partial charge in [-0.2, -0.15) is 0 Å². The van der Waals surface area contributed by atoms with E-state index in [1.165, 1.54) is 7.11 Å². The molecule has 0 rings (SSSR count). The summed E-state index contributed by atoms with van der Waals surface area (Å²) in [5, 5.41) is 0. The second-order valence-electron chi connectivity index (χ2n) is 5.98. The van der Waals surface area contributed by atoms with Crippen LogP contribution < -0.4 is 0 Å². The molecule has 0 heterocycles. The molecule has 0 aromatic carbocycles. The van der Waals surface area contributed by atoms with Crippen molar-refractivity contribution >= 4 is 5.97 Å². The molecule has 0 bridgehead atoms. The number of carbonyl (C=O) groups is 1. The van der Waals surface area contributed by atoms with E-state index < -0.39 is 0 Å². The van der Waals surface area contributed by atoms with Crippen LogP contribution in [0.2, 0.25) is 0 Å². The molecule has 0 saturated carbocycles. The van der Waals surface area contributed by atoms with Gasteiger partial charge >= 0.3 is 5.97 Å². The molecule has 0 fully saturated rings. The molecule has 184 valence electrons. The molecule has 0 aliphatic heterocycles. The third kappa shape index (κ3) is 26.9. The predicted molar refractivity (Wildman–Crippen MR) is 113 cm³/mol. The summed E-state index contributed by atoms with van der Waals surface area (Å²) >= 11 is 0. The average molecular weight is 453 g/mol. The maximum absolute atomic E-state index is 10.9. The third-order valence-electron chi connectivity index (χ3n) is 3.52. The fourth-order valence-corrected chi connectivity index (χ4v) is 1.96. The largest absolute Gasteiger partial charge is 0.469 e. The molecule has 31 heavy (non-hydrogen) atoms. The van der Waals surface area contributed by atoms with E-state index in [-0.39, 0.29) is 12.4 Å². The first-order chi connectivity index (χ1) is 15.3. The number of ether oxygens (including phenoxy) is 9. The minimum Gasteiger partial charge on any atom is -0.469 e. The molecule has 0 unspecified atom stereocenters. The maximum atomic E-state index is 10.9. The van der Waals surface area contributed by atoms with Crippen LogP contribution in [0, 0.1) is 0 Å². The highest BCUT2D eigenvalue weighted by Gasteiger charge is 1.99. The summed E-state index contributed by atoms with van der Waals surface area (Å²) in [6.45, 7) is 11.6. The Morgan fingerprint density at radius 2 is 0.839 bits per heavy atom. The van der Waals surface area contributed by atoms with Crippen molar-refractivity contribution in [1.29, 1.82) is 0 Å². The highest BCUT2D eigenvalue weighted by Crippen LogP contribution is 1.88. The summed E-state index contributed by atoms with van der Waals surface area (Å²) < 4.78 is 47.2. The van der Waals surface area contributed by atoms with Gasteiger partial charge in [-0.1, -0.05) is 6.08 Å². The lowest BCUT2D eigenvalue weighted by molar-refractivity contribution is -0.141. The second kappa shape index (κ2) is 26.9. The summed E-state index contributed by atoms with van der Waals surface area (Å²) in [5.74, 6) is -0.281. The van der Waals surface area contributed by atoms with Crippen LogP contribution in [0.4, 0.5) is 0 Å². The van der Waals surface area contributed by atoms with E-state index in [2.05, 4.69) is 11.3 Å². The number of rotatable bonds is 26. The molecule has 0 radical (unpaired) electrons. The van der Waals surface area contributed by atoms with Crippen molar-refractivity contribution < 1.29 is 47.4 Å². The van der Waals surface area contributed by atoms with E-state index in [1.54, 1.807) is 6.08 Å². The van der Waals surface area contributed by atoms with Crippen molar-refractivity contribution in [3.05, 3.63) is 12.7 Å². The Labute approximate surface area is 186 Å². The monoisotopic (exact) mass is 452 g/mol. The lowest BCUT2D eigenvalue weighted by Crippen LogP contribution is -2.15. The van der Waals surface area contributed by atoms with Crippen LogP contribution in [-0.2, 0) is 47.4 Å². The van der Waals surface area contributed by atoms with Gasteiger partial charge in [0.15, 0.2) is 0 Å². The molecule has 0 aromatic rings. The van der Waals surface area contributed by atoms with Gasteiger partial charge in [0.2, 0.25) is 0 Å². The van der Waals surface area contributed by atoms with E-state index >= 15 is 0 Å². The molecule has 0 aromatic heterocycles. The number of carbonyl (C=O) groups excluding carboxylic acids is 1. The lowest BCUT2D eigenvalue weighted by Gasteiger charge is -2.08. The molecule has 0 N–H and O–H groups in total.